The van der Waals surface area contributed by atoms with Gasteiger partial charge in [-0.05, 0) is 43.6 Å². The van der Waals surface area contributed by atoms with Gasteiger partial charge in [-0.25, -0.2) is 8.78 Å². The lowest BCUT2D eigenvalue weighted by molar-refractivity contribution is 0.504. The molecule has 0 heterocycles. The van der Waals surface area contributed by atoms with Crippen molar-refractivity contribution in [3.63, 3.8) is 0 Å². The van der Waals surface area contributed by atoms with Gasteiger partial charge in [0.25, 0.3) is 0 Å². The van der Waals surface area contributed by atoms with Gasteiger partial charge < -0.3 is 5.32 Å². The van der Waals surface area contributed by atoms with Crippen LogP contribution in [0.25, 0.3) is 0 Å². The minimum absolute atomic E-state index is 0.248. The van der Waals surface area contributed by atoms with E-state index in [2.05, 4.69) is 5.32 Å². The van der Waals surface area contributed by atoms with Gasteiger partial charge in [0.1, 0.15) is 0 Å². The van der Waals surface area contributed by atoms with Crippen LogP contribution in [-0.2, 0) is 0 Å². The van der Waals surface area contributed by atoms with Crippen LogP contribution in [0.3, 0.4) is 0 Å². The molecule has 78 valence electrons. The number of nitrogens with one attached hydrogen (secondary N) is 1. The van der Waals surface area contributed by atoms with Crippen molar-refractivity contribution in [3.8, 4) is 0 Å². The highest BCUT2D eigenvalue weighted by molar-refractivity contribution is 5.21. The molecule has 0 fully saturated rings. The first kappa shape index (κ1) is 11.1. The highest BCUT2D eigenvalue weighted by atomic mass is 19.2. The zero-order valence-corrected chi connectivity index (χ0v) is 8.48. The Hall–Kier alpha value is -0.960. The van der Waals surface area contributed by atoms with Crippen LogP contribution in [0.15, 0.2) is 18.2 Å². The summed E-state index contributed by atoms with van der Waals surface area (Å²) in [5.41, 5.74) is 0.846. The minimum atomic E-state index is -0.783. The summed E-state index contributed by atoms with van der Waals surface area (Å²) in [5.74, 6) is -1.30. The number of benzene rings is 1. The Labute approximate surface area is 83.1 Å². The third kappa shape index (κ3) is 2.77. The van der Waals surface area contributed by atoms with Crippen molar-refractivity contribution >= 4 is 0 Å². The predicted octanol–water partition coefficient (Wildman–Crippen LogP) is 2.68. The van der Waals surface area contributed by atoms with Crippen LogP contribution in [0.2, 0.25) is 0 Å². The van der Waals surface area contributed by atoms with Crippen molar-refractivity contribution in [2.75, 3.05) is 13.6 Å². The van der Waals surface area contributed by atoms with Gasteiger partial charge in [-0.3, -0.25) is 0 Å². The molecule has 0 radical (unpaired) electrons. The van der Waals surface area contributed by atoms with Crippen LogP contribution in [0.5, 0.6) is 0 Å². The summed E-state index contributed by atoms with van der Waals surface area (Å²) in [6, 6.07) is 4.09. The summed E-state index contributed by atoms with van der Waals surface area (Å²) < 4.78 is 25.5. The first-order valence-electron chi connectivity index (χ1n) is 4.74. The second kappa shape index (κ2) is 5.05. The molecule has 14 heavy (non-hydrogen) atoms. The van der Waals surface area contributed by atoms with Gasteiger partial charge in [0, 0.05) is 0 Å². The third-order valence-corrected chi connectivity index (χ3v) is 2.34. The van der Waals surface area contributed by atoms with Crippen LogP contribution in [0.1, 0.15) is 24.8 Å². The molecule has 0 aromatic heterocycles. The van der Waals surface area contributed by atoms with Crippen molar-refractivity contribution < 1.29 is 8.78 Å². The average molecular weight is 199 g/mol. The van der Waals surface area contributed by atoms with Crippen LogP contribution in [0, 0.1) is 11.6 Å². The van der Waals surface area contributed by atoms with Crippen molar-refractivity contribution in [2.45, 2.75) is 19.3 Å². The van der Waals surface area contributed by atoms with Crippen LogP contribution in [0.4, 0.5) is 8.78 Å². The monoisotopic (exact) mass is 199 g/mol. The number of hydrogen-bond donors (Lipinski definition) is 1. The van der Waals surface area contributed by atoms with Crippen molar-refractivity contribution in [2.24, 2.45) is 0 Å². The van der Waals surface area contributed by atoms with Gasteiger partial charge in [0.2, 0.25) is 0 Å². The Morgan fingerprint density at radius 3 is 2.57 bits per heavy atom. The lowest BCUT2D eigenvalue weighted by atomic mass is 9.98. The van der Waals surface area contributed by atoms with Gasteiger partial charge in [-0.15, -0.1) is 0 Å². The standard InChI is InChI=1S/C11H15F2N/c1-8(5-6-14-2)9-3-4-10(12)11(13)7-9/h3-4,7-8,14H,5-6H2,1-2H3. The minimum Gasteiger partial charge on any atom is -0.320 e. The smallest absolute Gasteiger partial charge is 0.159 e. The van der Waals surface area contributed by atoms with Crippen molar-refractivity contribution in [1.29, 1.82) is 0 Å². The van der Waals surface area contributed by atoms with E-state index in [4.69, 9.17) is 0 Å². The molecule has 0 spiro atoms. The van der Waals surface area contributed by atoms with Crippen LogP contribution < -0.4 is 5.32 Å². The van der Waals surface area contributed by atoms with Gasteiger partial charge in [-0.1, -0.05) is 13.0 Å². The topological polar surface area (TPSA) is 12.0 Å². The Morgan fingerprint density at radius 1 is 1.29 bits per heavy atom. The molecule has 1 atom stereocenters. The molecule has 0 saturated carbocycles. The summed E-state index contributed by atoms with van der Waals surface area (Å²) in [4.78, 5) is 0. The molecular weight excluding hydrogens is 184 g/mol. The molecule has 1 rings (SSSR count). The normalized spacial score (nSPS) is 12.9. The molecule has 1 nitrogen and oxygen atoms in total. The van der Waals surface area contributed by atoms with Crippen LogP contribution >= 0.6 is 0 Å². The van der Waals surface area contributed by atoms with Crippen molar-refractivity contribution in [1.82, 2.24) is 5.32 Å². The van der Waals surface area contributed by atoms with E-state index >= 15 is 0 Å². The predicted molar refractivity (Wildman–Crippen MR) is 53.3 cm³/mol. The molecule has 0 saturated heterocycles. The Kier molecular flexibility index (Phi) is 4.01. The molecule has 0 aliphatic carbocycles. The maximum atomic E-state index is 12.9. The summed E-state index contributed by atoms with van der Waals surface area (Å²) in [7, 11) is 1.87. The highest BCUT2D eigenvalue weighted by Gasteiger charge is 2.08. The molecule has 1 aromatic rings. The van der Waals surface area contributed by atoms with Gasteiger partial charge in [0.05, 0.1) is 0 Å². The number of rotatable bonds is 4. The van der Waals surface area contributed by atoms with Gasteiger partial charge >= 0.3 is 0 Å². The van der Waals surface area contributed by atoms with E-state index in [0.717, 1.165) is 18.5 Å². The molecule has 0 aliphatic heterocycles. The fourth-order valence-corrected chi connectivity index (χ4v) is 1.35. The van der Waals surface area contributed by atoms with E-state index < -0.39 is 11.6 Å². The zero-order valence-electron chi connectivity index (χ0n) is 8.48. The zero-order chi connectivity index (χ0) is 10.6. The van der Waals surface area contributed by atoms with E-state index in [1.165, 1.54) is 12.1 Å². The molecule has 0 amide bonds. The summed E-state index contributed by atoms with van der Waals surface area (Å²) >= 11 is 0. The SMILES string of the molecule is CNCCC(C)c1ccc(F)c(F)c1. The lowest BCUT2D eigenvalue weighted by Crippen LogP contribution is -2.10. The Morgan fingerprint density at radius 2 is 2.00 bits per heavy atom. The second-order valence-electron chi connectivity index (χ2n) is 3.47. The van der Waals surface area contributed by atoms with E-state index in [9.17, 15) is 8.78 Å². The van der Waals surface area contributed by atoms with E-state index in [1.54, 1.807) is 6.07 Å². The molecule has 1 unspecified atom stereocenters. The summed E-state index contributed by atoms with van der Waals surface area (Å²) in [6.07, 6.45) is 0.918. The van der Waals surface area contributed by atoms with Crippen molar-refractivity contribution in [3.05, 3.63) is 35.4 Å². The largest absolute Gasteiger partial charge is 0.320 e. The van der Waals surface area contributed by atoms with E-state index in [0.29, 0.717) is 0 Å². The van der Waals surface area contributed by atoms with E-state index in [-0.39, 0.29) is 5.92 Å². The first-order valence-corrected chi connectivity index (χ1v) is 4.74. The first-order chi connectivity index (χ1) is 6.65. The highest BCUT2D eigenvalue weighted by Crippen LogP contribution is 2.20. The molecule has 0 bridgehead atoms. The number of halogens is 2. The Balaban J connectivity index is 2.70. The Bertz CT molecular complexity index is 299. The number of hydrogen-bond acceptors (Lipinski definition) is 1. The molecule has 3 heteroatoms. The average Bonchev–Trinajstić information content (AvgIpc) is 2.18. The molecule has 1 aromatic carbocycles. The summed E-state index contributed by atoms with van der Waals surface area (Å²) in [5, 5.41) is 3.03. The fraction of sp³-hybridized carbons (Fsp3) is 0.455. The maximum absolute atomic E-state index is 12.9. The maximum Gasteiger partial charge on any atom is 0.159 e. The van der Waals surface area contributed by atoms with Gasteiger partial charge in [0.15, 0.2) is 11.6 Å². The molecule has 1 N–H and O–H groups in total. The van der Waals surface area contributed by atoms with E-state index in [1.807, 2.05) is 14.0 Å². The summed E-state index contributed by atoms with van der Waals surface area (Å²) in [6.45, 7) is 2.88. The van der Waals surface area contributed by atoms with Gasteiger partial charge in [-0.2, -0.15) is 0 Å². The fourth-order valence-electron chi connectivity index (χ4n) is 1.35. The molecular formula is C11H15F2N. The molecule has 0 aliphatic rings. The third-order valence-electron chi connectivity index (χ3n) is 2.34. The second-order valence-corrected chi connectivity index (χ2v) is 3.47. The quantitative estimate of drug-likeness (QED) is 0.786. The lowest BCUT2D eigenvalue weighted by Gasteiger charge is -2.11. The van der Waals surface area contributed by atoms with Crippen LogP contribution in [-0.4, -0.2) is 13.6 Å².